The first-order chi connectivity index (χ1) is 8.16. The van der Waals surface area contributed by atoms with Crippen molar-refractivity contribution in [3.63, 3.8) is 0 Å². The third-order valence-corrected chi connectivity index (χ3v) is 3.32. The van der Waals surface area contributed by atoms with Crippen LogP contribution in [0.1, 0.15) is 32.3 Å². The van der Waals surface area contributed by atoms with Crippen LogP contribution >= 0.6 is 0 Å². The van der Waals surface area contributed by atoms with E-state index in [1.54, 1.807) is 0 Å². The van der Waals surface area contributed by atoms with E-state index in [9.17, 15) is 0 Å². The van der Waals surface area contributed by atoms with Crippen molar-refractivity contribution in [2.75, 3.05) is 13.2 Å². The Balaban J connectivity index is 1.81. The molecule has 1 aromatic carbocycles. The number of nitrogens with one attached hydrogen (secondary N) is 1. The van der Waals surface area contributed by atoms with E-state index in [0.29, 0.717) is 6.10 Å². The highest BCUT2D eigenvalue weighted by Gasteiger charge is 2.21. The standard InChI is InChI=1S/C15H23NO/c1-15(2,11-13-7-4-3-5-8-13)16-12-14-9-6-10-17-14/h3-5,7-8,14,16H,6,9-12H2,1-2H3. The summed E-state index contributed by atoms with van der Waals surface area (Å²) in [5.41, 5.74) is 1.52. The van der Waals surface area contributed by atoms with Gasteiger partial charge in [0, 0.05) is 18.7 Å². The summed E-state index contributed by atoms with van der Waals surface area (Å²) < 4.78 is 5.64. The first-order valence-electron chi connectivity index (χ1n) is 6.56. The topological polar surface area (TPSA) is 21.3 Å². The van der Waals surface area contributed by atoms with Gasteiger partial charge in [0.05, 0.1) is 6.10 Å². The summed E-state index contributed by atoms with van der Waals surface area (Å²) in [6.45, 7) is 6.43. The predicted molar refractivity (Wildman–Crippen MR) is 71.2 cm³/mol. The van der Waals surface area contributed by atoms with Crippen LogP contribution in [0.3, 0.4) is 0 Å². The molecule has 0 aromatic heterocycles. The van der Waals surface area contributed by atoms with E-state index < -0.39 is 0 Å². The van der Waals surface area contributed by atoms with Crippen LogP contribution in [0.5, 0.6) is 0 Å². The molecule has 17 heavy (non-hydrogen) atoms. The van der Waals surface area contributed by atoms with Gasteiger partial charge in [-0.2, -0.15) is 0 Å². The molecule has 0 aliphatic carbocycles. The molecule has 1 heterocycles. The quantitative estimate of drug-likeness (QED) is 0.844. The van der Waals surface area contributed by atoms with Crippen LogP contribution in [0.4, 0.5) is 0 Å². The molecule has 94 valence electrons. The van der Waals surface area contributed by atoms with Crippen LogP contribution in [-0.4, -0.2) is 24.8 Å². The van der Waals surface area contributed by atoms with Gasteiger partial charge >= 0.3 is 0 Å². The molecule has 0 bridgehead atoms. The van der Waals surface area contributed by atoms with E-state index >= 15 is 0 Å². The minimum Gasteiger partial charge on any atom is -0.377 e. The lowest BCUT2D eigenvalue weighted by molar-refractivity contribution is 0.103. The molecule has 2 nitrogen and oxygen atoms in total. The normalized spacial score (nSPS) is 20.7. The molecular formula is C15H23NO. The largest absolute Gasteiger partial charge is 0.377 e. The molecule has 0 radical (unpaired) electrons. The molecule has 1 N–H and O–H groups in total. The Bertz CT molecular complexity index is 328. The highest BCUT2D eigenvalue weighted by Crippen LogP contribution is 2.15. The molecule has 0 amide bonds. The fraction of sp³-hybridized carbons (Fsp3) is 0.600. The van der Waals surface area contributed by atoms with E-state index in [2.05, 4.69) is 49.5 Å². The number of benzene rings is 1. The summed E-state index contributed by atoms with van der Waals surface area (Å²) in [4.78, 5) is 0. The van der Waals surface area contributed by atoms with Crippen molar-refractivity contribution in [3.8, 4) is 0 Å². The van der Waals surface area contributed by atoms with Crippen LogP contribution in [0.2, 0.25) is 0 Å². The predicted octanol–water partition coefficient (Wildman–Crippen LogP) is 2.78. The summed E-state index contributed by atoms with van der Waals surface area (Å²) in [7, 11) is 0. The lowest BCUT2D eigenvalue weighted by Crippen LogP contribution is -2.44. The smallest absolute Gasteiger partial charge is 0.0700 e. The van der Waals surface area contributed by atoms with Gasteiger partial charge in [0.2, 0.25) is 0 Å². The van der Waals surface area contributed by atoms with Gasteiger partial charge in [-0.05, 0) is 38.7 Å². The third-order valence-electron chi connectivity index (χ3n) is 3.32. The molecule has 0 spiro atoms. The Morgan fingerprint density at radius 3 is 2.71 bits per heavy atom. The molecule has 1 unspecified atom stereocenters. The molecule has 1 atom stereocenters. The lowest BCUT2D eigenvalue weighted by Gasteiger charge is -2.28. The van der Waals surface area contributed by atoms with Gasteiger partial charge in [0.1, 0.15) is 0 Å². The van der Waals surface area contributed by atoms with Gasteiger partial charge in [0.25, 0.3) is 0 Å². The molecule has 1 saturated heterocycles. The fourth-order valence-corrected chi connectivity index (χ4v) is 2.36. The molecule has 2 heteroatoms. The fourth-order valence-electron chi connectivity index (χ4n) is 2.36. The zero-order chi connectivity index (χ0) is 12.1. The highest BCUT2D eigenvalue weighted by atomic mass is 16.5. The van der Waals surface area contributed by atoms with Gasteiger partial charge in [-0.3, -0.25) is 0 Å². The van der Waals surface area contributed by atoms with Crippen molar-refractivity contribution in [2.24, 2.45) is 0 Å². The summed E-state index contributed by atoms with van der Waals surface area (Å²) in [6.07, 6.45) is 3.89. The van der Waals surface area contributed by atoms with Crippen LogP contribution < -0.4 is 5.32 Å². The second-order valence-electron chi connectivity index (χ2n) is 5.56. The Morgan fingerprint density at radius 2 is 2.06 bits per heavy atom. The summed E-state index contributed by atoms with van der Waals surface area (Å²) in [5, 5.41) is 3.62. The van der Waals surface area contributed by atoms with Gasteiger partial charge in [0.15, 0.2) is 0 Å². The second kappa shape index (κ2) is 5.65. The van der Waals surface area contributed by atoms with Crippen molar-refractivity contribution in [1.82, 2.24) is 5.32 Å². The molecular weight excluding hydrogens is 210 g/mol. The van der Waals surface area contributed by atoms with Crippen molar-refractivity contribution in [2.45, 2.75) is 44.8 Å². The Hall–Kier alpha value is -0.860. The average Bonchev–Trinajstić information content (AvgIpc) is 2.80. The minimum atomic E-state index is 0.132. The molecule has 1 aliphatic heterocycles. The maximum absolute atomic E-state index is 5.64. The first kappa shape index (κ1) is 12.6. The van der Waals surface area contributed by atoms with Crippen LogP contribution in [0.15, 0.2) is 30.3 Å². The Morgan fingerprint density at radius 1 is 1.29 bits per heavy atom. The molecule has 0 saturated carbocycles. The zero-order valence-electron chi connectivity index (χ0n) is 10.9. The maximum atomic E-state index is 5.64. The molecule has 2 rings (SSSR count). The second-order valence-corrected chi connectivity index (χ2v) is 5.56. The van der Waals surface area contributed by atoms with Crippen LogP contribution in [-0.2, 0) is 11.2 Å². The lowest BCUT2D eigenvalue weighted by atomic mass is 9.94. The van der Waals surface area contributed by atoms with Gasteiger partial charge in [-0.15, -0.1) is 0 Å². The number of hydrogen-bond acceptors (Lipinski definition) is 2. The third kappa shape index (κ3) is 4.14. The van der Waals surface area contributed by atoms with Crippen molar-refractivity contribution in [3.05, 3.63) is 35.9 Å². The minimum absolute atomic E-state index is 0.132. The van der Waals surface area contributed by atoms with Gasteiger partial charge in [-0.1, -0.05) is 30.3 Å². The first-order valence-corrected chi connectivity index (χ1v) is 6.56. The molecule has 1 aromatic rings. The van der Waals surface area contributed by atoms with Gasteiger partial charge < -0.3 is 10.1 Å². The van der Waals surface area contributed by atoms with E-state index in [1.165, 1.54) is 18.4 Å². The Kier molecular flexibility index (Phi) is 4.19. The monoisotopic (exact) mass is 233 g/mol. The Labute approximate surface area is 104 Å². The van der Waals surface area contributed by atoms with E-state index in [1.807, 2.05) is 0 Å². The number of ether oxygens (including phenoxy) is 1. The average molecular weight is 233 g/mol. The summed E-state index contributed by atoms with van der Waals surface area (Å²) in [6, 6.07) is 10.7. The summed E-state index contributed by atoms with van der Waals surface area (Å²) >= 11 is 0. The molecule has 1 aliphatic rings. The van der Waals surface area contributed by atoms with Crippen molar-refractivity contribution >= 4 is 0 Å². The van der Waals surface area contributed by atoms with Crippen LogP contribution in [0, 0.1) is 0 Å². The van der Waals surface area contributed by atoms with Crippen molar-refractivity contribution < 1.29 is 4.74 Å². The highest BCUT2D eigenvalue weighted by molar-refractivity contribution is 5.17. The molecule has 1 fully saturated rings. The summed E-state index contributed by atoms with van der Waals surface area (Å²) in [5.74, 6) is 0. The van der Waals surface area contributed by atoms with E-state index in [-0.39, 0.29) is 5.54 Å². The van der Waals surface area contributed by atoms with Crippen LogP contribution in [0.25, 0.3) is 0 Å². The van der Waals surface area contributed by atoms with Gasteiger partial charge in [-0.25, -0.2) is 0 Å². The van der Waals surface area contributed by atoms with E-state index in [4.69, 9.17) is 4.74 Å². The van der Waals surface area contributed by atoms with E-state index in [0.717, 1.165) is 19.6 Å². The number of rotatable bonds is 5. The zero-order valence-corrected chi connectivity index (χ0v) is 10.9. The SMILES string of the molecule is CC(C)(Cc1ccccc1)NCC1CCCO1. The maximum Gasteiger partial charge on any atom is 0.0700 e. The number of hydrogen-bond donors (Lipinski definition) is 1. The van der Waals surface area contributed by atoms with Crippen molar-refractivity contribution in [1.29, 1.82) is 0 Å².